The average Bonchev–Trinajstić information content (AvgIpc) is 3.38. The lowest BCUT2D eigenvalue weighted by Crippen LogP contribution is -2.55. The molecule has 24 heavy (non-hydrogen) atoms. The third kappa shape index (κ3) is 3.10. The fraction of sp³-hybridized carbons (Fsp3) is 0.389. The Morgan fingerprint density at radius 3 is 2.71 bits per heavy atom. The maximum Gasteiger partial charge on any atom is 0.331 e. The minimum absolute atomic E-state index is 0.118. The molecule has 3 rings (SSSR count). The van der Waals surface area contributed by atoms with Gasteiger partial charge in [0.05, 0.1) is 17.7 Å². The van der Waals surface area contributed by atoms with Crippen LogP contribution in [0.1, 0.15) is 41.7 Å². The summed E-state index contributed by atoms with van der Waals surface area (Å²) in [4.78, 5) is 28.9. The Kier molecular flexibility index (Phi) is 4.24. The zero-order valence-corrected chi connectivity index (χ0v) is 13.7. The van der Waals surface area contributed by atoms with Crippen LogP contribution >= 0.6 is 0 Å². The largest absolute Gasteiger partial charge is 0.479 e. The van der Waals surface area contributed by atoms with E-state index < -0.39 is 17.4 Å². The van der Waals surface area contributed by atoms with E-state index in [1.807, 2.05) is 24.3 Å². The van der Waals surface area contributed by atoms with Gasteiger partial charge in [-0.2, -0.15) is 0 Å². The third-order valence-electron chi connectivity index (χ3n) is 4.27. The summed E-state index contributed by atoms with van der Waals surface area (Å²) in [5.41, 5.74) is 0.597. The predicted octanol–water partition coefficient (Wildman–Crippen LogP) is 2.33. The summed E-state index contributed by atoms with van der Waals surface area (Å²) in [6.07, 6.45) is 2.14. The van der Waals surface area contributed by atoms with E-state index in [9.17, 15) is 14.7 Å². The molecule has 1 unspecified atom stereocenters. The highest BCUT2D eigenvalue weighted by molar-refractivity contribution is 6.07. The molecule has 0 bridgehead atoms. The second-order valence-electron chi connectivity index (χ2n) is 6.41. The standard InChI is InChI=1S/C18H20N2O4/c1-18(10-24-2,17(22)23)20-16(21)13-9-15(11-7-8-11)19-14-6-4-3-5-12(13)14/h3-6,9,11H,7-8,10H2,1-2H3,(H,20,21)(H,22,23). The van der Waals surface area contributed by atoms with Gasteiger partial charge in [0.15, 0.2) is 5.54 Å². The molecular formula is C18H20N2O4. The Morgan fingerprint density at radius 2 is 2.08 bits per heavy atom. The zero-order chi connectivity index (χ0) is 17.3. The van der Waals surface area contributed by atoms with E-state index in [-0.39, 0.29) is 6.61 Å². The summed E-state index contributed by atoms with van der Waals surface area (Å²) < 4.78 is 4.96. The van der Waals surface area contributed by atoms with Gasteiger partial charge < -0.3 is 15.2 Å². The Morgan fingerprint density at radius 1 is 1.38 bits per heavy atom. The molecule has 0 saturated heterocycles. The van der Waals surface area contributed by atoms with Crippen molar-refractivity contribution in [3.63, 3.8) is 0 Å². The van der Waals surface area contributed by atoms with Crippen LogP contribution in [0.3, 0.4) is 0 Å². The number of aliphatic carboxylic acids is 1. The summed E-state index contributed by atoms with van der Waals surface area (Å²) >= 11 is 0. The topological polar surface area (TPSA) is 88.5 Å². The molecule has 1 fully saturated rings. The number of rotatable bonds is 6. The van der Waals surface area contributed by atoms with E-state index in [0.29, 0.717) is 16.9 Å². The number of carboxylic acids is 1. The van der Waals surface area contributed by atoms with E-state index in [0.717, 1.165) is 24.1 Å². The Labute approximate surface area is 139 Å². The minimum atomic E-state index is -1.49. The fourth-order valence-electron chi connectivity index (χ4n) is 2.73. The maximum atomic E-state index is 12.8. The van der Waals surface area contributed by atoms with Gasteiger partial charge in [0, 0.05) is 24.1 Å². The third-order valence-corrected chi connectivity index (χ3v) is 4.27. The molecule has 1 atom stereocenters. The normalized spacial score (nSPS) is 16.6. The molecule has 1 heterocycles. The monoisotopic (exact) mass is 328 g/mol. The van der Waals surface area contributed by atoms with Gasteiger partial charge in [0.25, 0.3) is 5.91 Å². The number of pyridine rings is 1. The molecule has 1 amide bonds. The first-order chi connectivity index (χ1) is 11.4. The van der Waals surface area contributed by atoms with Crippen LogP contribution in [0.25, 0.3) is 10.9 Å². The van der Waals surface area contributed by atoms with Gasteiger partial charge in [-0.3, -0.25) is 9.78 Å². The molecule has 1 aromatic heterocycles. The van der Waals surface area contributed by atoms with Gasteiger partial charge in [-0.05, 0) is 31.9 Å². The molecule has 1 saturated carbocycles. The van der Waals surface area contributed by atoms with Crippen molar-refractivity contribution in [3.05, 3.63) is 41.6 Å². The van der Waals surface area contributed by atoms with Crippen molar-refractivity contribution in [3.8, 4) is 0 Å². The molecule has 2 aromatic rings. The van der Waals surface area contributed by atoms with Gasteiger partial charge in [-0.1, -0.05) is 18.2 Å². The first-order valence-corrected chi connectivity index (χ1v) is 7.89. The molecule has 0 aliphatic heterocycles. The number of carbonyl (C=O) groups is 2. The van der Waals surface area contributed by atoms with Gasteiger partial charge in [0.1, 0.15) is 0 Å². The van der Waals surface area contributed by atoms with Crippen LogP contribution in [-0.2, 0) is 9.53 Å². The molecule has 2 N–H and O–H groups in total. The zero-order valence-electron chi connectivity index (χ0n) is 13.7. The molecule has 0 spiro atoms. The lowest BCUT2D eigenvalue weighted by atomic mass is 10.0. The van der Waals surface area contributed by atoms with Gasteiger partial charge in [0.2, 0.25) is 0 Å². The van der Waals surface area contributed by atoms with Crippen LogP contribution in [-0.4, -0.2) is 41.2 Å². The van der Waals surface area contributed by atoms with E-state index in [1.54, 1.807) is 6.07 Å². The molecule has 6 heteroatoms. The Hall–Kier alpha value is -2.47. The van der Waals surface area contributed by atoms with Crippen LogP contribution in [0, 0.1) is 0 Å². The van der Waals surface area contributed by atoms with E-state index in [2.05, 4.69) is 10.3 Å². The predicted molar refractivity (Wildman–Crippen MR) is 89.1 cm³/mol. The first kappa shape index (κ1) is 16.4. The summed E-state index contributed by atoms with van der Waals surface area (Å²) in [7, 11) is 1.40. The number of benzene rings is 1. The number of hydrogen-bond acceptors (Lipinski definition) is 4. The number of carboxylic acid groups (broad SMARTS) is 1. The summed E-state index contributed by atoms with van der Waals surface area (Å²) in [5.74, 6) is -1.18. The van der Waals surface area contributed by atoms with Crippen LogP contribution in [0.4, 0.5) is 0 Å². The SMILES string of the molecule is COCC(C)(NC(=O)c1cc(C2CC2)nc2ccccc12)C(=O)O. The molecule has 0 radical (unpaired) electrons. The lowest BCUT2D eigenvalue weighted by Gasteiger charge is -2.25. The number of methoxy groups -OCH3 is 1. The van der Waals surface area contributed by atoms with Crippen LogP contribution in [0.5, 0.6) is 0 Å². The fourth-order valence-corrected chi connectivity index (χ4v) is 2.73. The minimum Gasteiger partial charge on any atom is -0.479 e. The number of aromatic nitrogens is 1. The molecule has 126 valence electrons. The summed E-state index contributed by atoms with van der Waals surface area (Å²) in [6.45, 7) is 1.31. The molecule has 1 aromatic carbocycles. The van der Waals surface area contributed by atoms with Crippen molar-refractivity contribution in [2.75, 3.05) is 13.7 Å². The molecule has 6 nitrogen and oxygen atoms in total. The van der Waals surface area contributed by atoms with Gasteiger partial charge in [-0.25, -0.2) is 4.79 Å². The molecular weight excluding hydrogens is 308 g/mol. The van der Waals surface area contributed by atoms with Crippen molar-refractivity contribution in [2.24, 2.45) is 0 Å². The number of amides is 1. The van der Waals surface area contributed by atoms with Gasteiger partial charge in [-0.15, -0.1) is 0 Å². The highest BCUT2D eigenvalue weighted by atomic mass is 16.5. The average molecular weight is 328 g/mol. The number of nitrogens with zero attached hydrogens (tertiary/aromatic N) is 1. The second-order valence-corrected chi connectivity index (χ2v) is 6.41. The lowest BCUT2D eigenvalue weighted by molar-refractivity contribution is -0.145. The smallest absolute Gasteiger partial charge is 0.331 e. The van der Waals surface area contributed by atoms with Crippen molar-refractivity contribution in [1.82, 2.24) is 10.3 Å². The van der Waals surface area contributed by atoms with E-state index >= 15 is 0 Å². The number of hydrogen-bond donors (Lipinski definition) is 2. The summed E-state index contributed by atoms with van der Waals surface area (Å²) in [6, 6.07) is 9.18. The first-order valence-electron chi connectivity index (χ1n) is 7.89. The number of fused-ring (bicyclic) bond motifs is 1. The highest BCUT2D eigenvalue weighted by Crippen LogP contribution is 2.40. The molecule has 1 aliphatic rings. The van der Waals surface area contributed by atoms with Crippen LogP contribution < -0.4 is 5.32 Å². The maximum absolute atomic E-state index is 12.8. The Balaban J connectivity index is 2.01. The quantitative estimate of drug-likeness (QED) is 0.849. The van der Waals surface area contributed by atoms with E-state index in [4.69, 9.17) is 4.74 Å². The number of ether oxygens (including phenoxy) is 1. The van der Waals surface area contributed by atoms with Gasteiger partial charge >= 0.3 is 5.97 Å². The highest BCUT2D eigenvalue weighted by Gasteiger charge is 2.36. The number of carbonyl (C=O) groups excluding carboxylic acids is 1. The number of nitrogens with one attached hydrogen (secondary N) is 1. The van der Waals surface area contributed by atoms with Crippen molar-refractivity contribution >= 4 is 22.8 Å². The van der Waals surface area contributed by atoms with Crippen molar-refractivity contribution in [1.29, 1.82) is 0 Å². The van der Waals surface area contributed by atoms with Crippen molar-refractivity contribution < 1.29 is 19.4 Å². The number of para-hydroxylation sites is 1. The van der Waals surface area contributed by atoms with E-state index in [1.165, 1.54) is 14.0 Å². The Bertz CT molecular complexity index is 801. The van der Waals surface area contributed by atoms with Crippen LogP contribution in [0.15, 0.2) is 30.3 Å². The van der Waals surface area contributed by atoms with Crippen molar-refractivity contribution in [2.45, 2.75) is 31.2 Å². The summed E-state index contributed by atoms with van der Waals surface area (Å²) in [5, 5.41) is 12.7. The van der Waals surface area contributed by atoms with Crippen LogP contribution in [0.2, 0.25) is 0 Å². The second kappa shape index (κ2) is 6.20. The molecule has 1 aliphatic carbocycles.